The van der Waals surface area contributed by atoms with Crippen LogP contribution in [0.3, 0.4) is 0 Å². The largest absolute Gasteiger partial charge is 0.370 e. The van der Waals surface area contributed by atoms with Gasteiger partial charge in [0.1, 0.15) is 5.82 Å². The fourth-order valence-corrected chi connectivity index (χ4v) is 4.07. The third kappa shape index (κ3) is 4.26. The number of hydrogen-bond donors (Lipinski definition) is 1. The van der Waals surface area contributed by atoms with Crippen LogP contribution in [0.4, 0.5) is 4.39 Å². The number of amides is 1. The number of aromatic nitrogens is 3. The lowest BCUT2D eigenvalue weighted by molar-refractivity contribution is -0.118. The molecule has 2 aromatic heterocycles. The lowest BCUT2D eigenvalue weighted by Crippen LogP contribution is -2.15. The van der Waals surface area contributed by atoms with Gasteiger partial charge in [-0.05, 0) is 36.1 Å². The molecule has 130 valence electrons. The molecule has 0 aliphatic rings. The highest BCUT2D eigenvalue weighted by Gasteiger charge is 2.18. The van der Waals surface area contributed by atoms with Crippen LogP contribution >= 0.6 is 23.1 Å². The van der Waals surface area contributed by atoms with Crippen LogP contribution in [0.25, 0.3) is 10.7 Å². The van der Waals surface area contributed by atoms with E-state index in [0.717, 1.165) is 16.3 Å². The predicted octanol–water partition coefficient (Wildman–Crippen LogP) is 3.87. The summed E-state index contributed by atoms with van der Waals surface area (Å²) < 4.78 is 15.0. The van der Waals surface area contributed by atoms with Gasteiger partial charge in [0.05, 0.1) is 4.88 Å². The summed E-state index contributed by atoms with van der Waals surface area (Å²) >= 11 is 3.08. The van der Waals surface area contributed by atoms with Crippen molar-refractivity contribution >= 4 is 29.0 Å². The fraction of sp³-hybridized carbons (Fsp3) is 0.235. The topological polar surface area (TPSA) is 73.8 Å². The van der Waals surface area contributed by atoms with Crippen LogP contribution in [0.5, 0.6) is 0 Å². The number of nitrogens with zero attached hydrogens (tertiary/aromatic N) is 3. The Kier molecular flexibility index (Phi) is 5.50. The highest BCUT2D eigenvalue weighted by atomic mass is 32.2. The molecule has 0 fully saturated rings. The van der Waals surface area contributed by atoms with Crippen molar-refractivity contribution in [2.45, 2.75) is 30.3 Å². The summed E-state index contributed by atoms with van der Waals surface area (Å²) in [5.74, 6) is 0.101. The van der Waals surface area contributed by atoms with Gasteiger partial charge in [0.2, 0.25) is 5.91 Å². The van der Waals surface area contributed by atoms with Crippen molar-refractivity contribution in [2.24, 2.45) is 5.73 Å². The number of carbonyl (C=O) groups excluding carboxylic acids is 1. The van der Waals surface area contributed by atoms with E-state index in [1.807, 2.05) is 29.0 Å². The second-order valence-electron chi connectivity index (χ2n) is 5.46. The first kappa shape index (κ1) is 17.6. The first-order chi connectivity index (χ1) is 12.0. The molecule has 0 saturated carbocycles. The van der Waals surface area contributed by atoms with Gasteiger partial charge >= 0.3 is 0 Å². The Morgan fingerprint density at radius 3 is 2.72 bits per heavy atom. The molecule has 3 aromatic rings. The maximum absolute atomic E-state index is 13.1. The minimum atomic E-state index is -0.367. The zero-order valence-corrected chi connectivity index (χ0v) is 15.2. The average Bonchev–Trinajstić information content (AvgIpc) is 3.23. The highest BCUT2D eigenvalue weighted by Crippen LogP contribution is 2.36. The summed E-state index contributed by atoms with van der Waals surface area (Å²) in [7, 11) is 0. The minimum Gasteiger partial charge on any atom is -0.370 e. The molecule has 0 spiro atoms. The van der Waals surface area contributed by atoms with Crippen molar-refractivity contribution in [1.82, 2.24) is 14.8 Å². The maximum atomic E-state index is 13.1. The number of carbonyl (C=O) groups is 1. The Bertz CT molecular complexity index is 846. The van der Waals surface area contributed by atoms with Crippen LogP contribution in [-0.2, 0) is 11.3 Å². The number of rotatable bonds is 7. The van der Waals surface area contributed by atoms with E-state index in [0.29, 0.717) is 11.7 Å². The summed E-state index contributed by atoms with van der Waals surface area (Å²) in [6.45, 7) is 2.45. The van der Waals surface area contributed by atoms with E-state index in [-0.39, 0.29) is 23.4 Å². The first-order valence-corrected chi connectivity index (χ1v) is 9.48. The number of nitrogens with two attached hydrogens (primary N) is 1. The summed E-state index contributed by atoms with van der Waals surface area (Å²) in [5.41, 5.74) is 6.30. The molecular formula is C17H17FN4OS2. The van der Waals surface area contributed by atoms with Gasteiger partial charge in [-0.2, -0.15) is 0 Å². The monoisotopic (exact) mass is 376 g/mol. The molecule has 0 saturated heterocycles. The van der Waals surface area contributed by atoms with Gasteiger partial charge in [-0.3, -0.25) is 4.79 Å². The van der Waals surface area contributed by atoms with E-state index >= 15 is 0 Å². The summed E-state index contributed by atoms with van der Waals surface area (Å²) in [5, 5.41) is 11.3. The number of primary amides is 1. The van der Waals surface area contributed by atoms with E-state index in [1.54, 1.807) is 23.5 Å². The van der Waals surface area contributed by atoms with Crippen molar-refractivity contribution in [1.29, 1.82) is 0 Å². The molecule has 0 bridgehead atoms. The standard InChI is InChI=1S/C17H17FN4OS2/c1-11(12-4-6-13(18)7-5-12)25-17-21-20-16(14-3-2-10-24-14)22(17)9-8-15(19)23/h2-7,10-11H,8-9H2,1H3,(H2,19,23)/t11-/m0/s1. The molecule has 2 N–H and O–H groups in total. The Labute approximate surface area is 153 Å². The van der Waals surface area contributed by atoms with Crippen molar-refractivity contribution < 1.29 is 9.18 Å². The van der Waals surface area contributed by atoms with Gasteiger partial charge in [-0.1, -0.05) is 30.0 Å². The maximum Gasteiger partial charge on any atom is 0.219 e. The summed E-state index contributed by atoms with van der Waals surface area (Å²) in [6, 6.07) is 10.3. The molecule has 3 rings (SSSR count). The molecule has 0 aliphatic carbocycles. The number of benzene rings is 1. The summed E-state index contributed by atoms with van der Waals surface area (Å²) in [6.07, 6.45) is 0.217. The number of halogens is 1. The zero-order valence-electron chi connectivity index (χ0n) is 13.6. The molecule has 8 heteroatoms. The number of hydrogen-bond acceptors (Lipinski definition) is 5. The normalized spacial score (nSPS) is 12.2. The van der Waals surface area contributed by atoms with Crippen LogP contribution < -0.4 is 5.73 Å². The molecule has 1 atom stereocenters. The molecule has 2 heterocycles. The lowest BCUT2D eigenvalue weighted by atomic mass is 10.2. The van der Waals surface area contributed by atoms with E-state index in [2.05, 4.69) is 10.2 Å². The predicted molar refractivity (Wildman–Crippen MR) is 97.8 cm³/mol. The Balaban J connectivity index is 1.87. The van der Waals surface area contributed by atoms with Gasteiger partial charge in [0.15, 0.2) is 11.0 Å². The molecule has 5 nitrogen and oxygen atoms in total. The first-order valence-electron chi connectivity index (χ1n) is 7.72. The second-order valence-corrected chi connectivity index (χ2v) is 7.72. The summed E-state index contributed by atoms with van der Waals surface area (Å²) in [4.78, 5) is 12.2. The van der Waals surface area contributed by atoms with E-state index in [9.17, 15) is 9.18 Å². The molecule has 1 amide bonds. The molecular weight excluding hydrogens is 359 g/mol. The molecule has 0 unspecified atom stereocenters. The van der Waals surface area contributed by atoms with Crippen LogP contribution in [-0.4, -0.2) is 20.7 Å². The second kappa shape index (κ2) is 7.79. The number of thiophene rings is 1. The van der Waals surface area contributed by atoms with Crippen LogP contribution in [0.2, 0.25) is 0 Å². The van der Waals surface area contributed by atoms with E-state index in [4.69, 9.17) is 5.73 Å². The van der Waals surface area contributed by atoms with Gasteiger partial charge in [0, 0.05) is 18.2 Å². The fourth-order valence-electron chi connectivity index (χ4n) is 2.35. The van der Waals surface area contributed by atoms with Gasteiger partial charge in [-0.25, -0.2) is 4.39 Å². The minimum absolute atomic E-state index is 0.0633. The quantitative estimate of drug-likeness (QED) is 0.635. The van der Waals surface area contributed by atoms with Gasteiger partial charge in [-0.15, -0.1) is 21.5 Å². The van der Waals surface area contributed by atoms with E-state index < -0.39 is 0 Å². The molecule has 1 aromatic carbocycles. The average molecular weight is 376 g/mol. The number of thioether (sulfide) groups is 1. The molecule has 0 radical (unpaired) electrons. The Hall–Kier alpha value is -2.19. The van der Waals surface area contributed by atoms with Crippen LogP contribution in [0.15, 0.2) is 46.9 Å². The molecule has 0 aliphatic heterocycles. The van der Waals surface area contributed by atoms with E-state index in [1.165, 1.54) is 23.9 Å². The zero-order chi connectivity index (χ0) is 17.8. The van der Waals surface area contributed by atoms with Crippen LogP contribution in [0.1, 0.15) is 24.2 Å². The third-order valence-corrected chi connectivity index (χ3v) is 5.67. The van der Waals surface area contributed by atoms with Gasteiger partial charge < -0.3 is 10.3 Å². The SMILES string of the molecule is C[C@H](Sc1nnc(-c2cccs2)n1CCC(N)=O)c1ccc(F)cc1. The lowest BCUT2D eigenvalue weighted by Gasteiger charge is -2.13. The van der Waals surface area contributed by atoms with Crippen molar-refractivity contribution in [2.75, 3.05) is 0 Å². The van der Waals surface area contributed by atoms with Crippen LogP contribution in [0, 0.1) is 5.82 Å². The highest BCUT2D eigenvalue weighted by molar-refractivity contribution is 7.99. The van der Waals surface area contributed by atoms with Gasteiger partial charge in [0.25, 0.3) is 0 Å². The van der Waals surface area contributed by atoms with Crippen molar-refractivity contribution in [3.05, 3.63) is 53.2 Å². The Morgan fingerprint density at radius 2 is 2.08 bits per heavy atom. The van der Waals surface area contributed by atoms with Crippen molar-refractivity contribution in [3.8, 4) is 10.7 Å². The smallest absolute Gasteiger partial charge is 0.219 e. The van der Waals surface area contributed by atoms with Crippen molar-refractivity contribution in [3.63, 3.8) is 0 Å². The molecule has 25 heavy (non-hydrogen) atoms. The Morgan fingerprint density at radius 1 is 1.32 bits per heavy atom. The third-order valence-electron chi connectivity index (χ3n) is 3.66.